The molecular formula is C13H17N3O. The monoisotopic (exact) mass is 231 g/mol. The van der Waals surface area contributed by atoms with Gasteiger partial charge in [-0.25, -0.2) is 0 Å². The van der Waals surface area contributed by atoms with Crippen molar-refractivity contribution < 1.29 is 4.79 Å². The molecule has 0 bridgehead atoms. The number of nitrogens with two attached hydrogens (primary N) is 1. The third kappa shape index (κ3) is 1.98. The van der Waals surface area contributed by atoms with Gasteiger partial charge in [0.15, 0.2) is 0 Å². The van der Waals surface area contributed by atoms with E-state index in [9.17, 15) is 4.79 Å². The van der Waals surface area contributed by atoms with Crippen molar-refractivity contribution in [2.75, 3.05) is 12.8 Å². The number of anilines is 1. The average molecular weight is 231 g/mol. The van der Waals surface area contributed by atoms with Crippen LogP contribution in [0.3, 0.4) is 0 Å². The Hall–Kier alpha value is -1.97. The number of H-pyrrole nitrogens is 1. The third-order valence-corrected chi connectivity index (χ3v) is 3.01. The fraction of sp³-hybridized carbons (Fsp3) is 0.308. The van der Waals surface area contributed by atoms with Gasteiger partial charge in [-0.15, -0.1) is 0 Å². The zero-order valence-electron chi connectivity index (χ0n) is 10.3. The highest BCUT2D eigenvalue weighted by molar-refractivity contribution is 6.00. The summed E-state index contributed by atoms with van der Waals surface area (Å²) < 4.78 is 0. The first-order valence-electron chi connectivity index (χ1n) is 5.65. The molecule has 3 N–H and O–H groups in total. The molecule has 4 heteroatoms. The predicted molar refractivity (Wildman–Crippen MR) is 69.9 cm³/mol. The van der Waals surface area contributed by atoms with Crippen molar-refractivity contribution in [1.82, 2.24) is 9.88 Å². The number of carbonyl (C=O) groups is 1. The molecular weight excluding hydrogens is 214 g/mol. The number of hydrogen-bond donors (Lipinski definition) is 2. The van der Waals surface area contributed by atoms with Crippen molar-refractivity contribution in [3.63, 3.8) is 0 Å². The lowest BCUT2D eigenvalue weighted by Crippen LogP contribution is -2.33. The van der Waals surface area contributed by atoms with Gasteiger partial charge in [0.05, 0.1) is 11.2 Å². The Morgan fingerprint density at radius 3 is 2.71 bits per heavy atom. The summed E-state index contributed by atoms with van der Waals surface area (Å²) in [5.41, 5.74) is 7.92. The molecule has 2 rings (SSSR count). The topological polar surface area (TPSA) is 62.1 Å². The number of para-hydroxylation sites is 1. The van der Waals surface area contributed by atoms with Gasteiger partial charge in [0.1, 0.15) is 5.69 Å². The molecule has 0 radical (unpaired) electrons. The van der Waals surface area contributed by atoms with E-state index in [2.05, 4.69) is 4.98 Å². The van der Waals surface area contributed by atoms with E-state index < -0.39 is 0 Å². The summed E-state index contributed by atoms with van der Waals surface area (Å²) in [6.45, 7) is 3.96. The van der Waals surface area contributed by atoms with Crippen LogP contribution in [0.25, 0.3) is 10.9 Å². The standard InChI is InChI=1S/C13H17N3O/c1-8(2)16(3)13(17)11-7-9-5-4-6-10(14)12(9)15-11/h4-8,15H,14H2,1-3H3. The first-order valence-corrected chi connectivity index (χ1v) is 5.65. The molecule has 0 saturated carbocycles. The smallest absolute Gasteiger partial charge is 0.270 e. The molecule has 0 aliphatic rings. The first-order chi connectivity index (χ1) is 8.00. The molecule has 1 amide bonds. The maximum absolute atomic E-state index is 12.1. The van der Waals surface area contributed by atoms with Crippen LogP contribution in [0, 0.1) is 0 Å². The van der Waals surface area contributed by atoms with Gasteiger partial charge in [0.2, 0.25) is 0 Å². The summed E-state index contributed by atoms with van der Waals surface area (Å²) in [5, 5.41) is 0.963. The lowest BCUT2D eigenvalue weighted by molar-refractivity contribution is 0.0750. The average Bonchev–Trinajstić information content (AvgIpc) is 2.72. The van der Waals surface area contributed by atoms with Gasteiger partial charge in [0.25, 0.3) is 5.91 Å². The maximum atomic E-state index is 12.1. The van der Waals surface area contributed by atoms with Gasteiger partial charge in [-0.2, -0.15) is 0 Å². The van der Waals surface area contributed by atoms with Gasteiger partial charge in [-0.1, -0.05) is 12.1 Å². The van der Waals surface area contributed by atoms with Gasteiger partial charge in [-0.05, 0) is 26.0 Å². The van der Waals surface area contributed by atoms with Gasteiger partial charge >= 0.3 is 0 Å². The number of aromatic amines is 1. The van der Waals surface area contributed by atoms with Gasteiger partial charge in [-0.3, -0.25) is 4.79 Å². The minimum atomic E-state index is -0.0180. The molecule has 1 heterocycles. The molecule has 0 aliphatic carbocycles. The molecule has 90 valence electrons. The molecule has 0 atom stereocenters. The number of fused-ring (bicyclic) bond motifs is 1. The highest BCUT2D eigenvalue weighted by atomic mass is 16.2. The van der Waals surface area contributed by atoms with Crippen LogP contribution in [0.2, 0.25) is 0 Å². The Bertz CT molecular complexity index is 557. The van der Waals surface area contributed by atoms with Crippen LogP contribution in [-0.4, -0.2) is 28.9 Å². The molecule has 17 heavy (non-hydrogen) atoms. The van der Waals surface area contributed by atoms with Crippen molar-refractivity contribution in [3.05, 3.63) is 30.0 Å². The number of rotatable bonds is 2. The van der Waals surface area contributed by atoms with E-state index in [0.717, 1.165) is 10.9 Å². The Morgan fingerprint density at radius 1 is 1.41 bits per heavy atom. The Kier molecular flexibility index (Phi) is 2.79. The number of amides is 1. The summed E-state index contributed by atoms with van der Waals surface area (Å²) in [4.78, 5) is 16.9. The van der Waals surface area contributed by atoms with Gasteiger partial charge in [0, 0.05) is 18.5 Å². The zero-order chi connectivity index (χ0) is 12.6. The number of hydrogen-bond acceptors (Lipinski definition) is 2. The molecule has 2 aromatic rings. The Labute approximate surface area is 100 Å². The van der Waals surface area contributed by atoms with Crippen molar-refractivity contribution in [2.24, 2.45) is 0 Å². The fourth-order valence-corrected chi connectivity index (χ4v) is 1.72. The third-order valence-electron chi connectivity index (χ3n) is 3.01. The van der Waals surface area contributed by atoms with Crippen molar-refractivity contribution >= 4 is 22.5 Å². The molecule has 0 fully saturated rings. The molecule has 0 saturated heterocycles. The maximum Gasteiger partial charge on any atom is 0.270 e. The zero-order valence-corrected chi connectivity index (χ0v) is 10.3. The lowest BCUT2D eigenvalue weighted by Gasteiger charge is -2.20. The largest absolute Gasteiger partial charge is 0.397 e. The number of benzene rings is 1. The fourth-order valence-electron chi connectivity index (χ4n) is 1.72. The van der Waals surface area contributed by atoms with E-state index in [1.54, 1.807) is 11.9 Å². The Balaban J connectivity index is 2.44. The van der Waals surface area contributed by atoms with Crippen LogP contribution in [-0.2, 0) is 0 Å². The molecule has 0 unspecified atom stereocenters. The first kappa shape index (κ1) is 11.5. The van der Waals surface area contributed by atoms with Crippen molar-refractivity contribution in [2.45, 2.75) is 19.9 Å². The van der Waals surface area contributed by atoms with Crippen molar-refractivity contribution in [1.29, 1.82) is 0 Å². The van der Waals surface area contributed by atoms with Crippen LogP contribution >= 0.6 is 0 Å². The number of nitrogen functional groups attached to an aromatic ring is 1. The predicted octanol–water partition coefficient (Wildman–Crippen LogP) is 2.23. The van der Waals surface area contributed by atoms with E-state index in [-0.39, 0.29) is 11.9 Å². The SMILES string of the molecule is CC(C)N(C)C(=O)c1cc2cccc(N)c2[nH]1. The lowest BCUT2D eigenvalue weighted by atomic mass is 10.2. The second-order valence-corrected chi connectivity index (χ2v) is 4.50. The van der Waals surface area contributed by atoms with Gasteiger partial charge < -0.3 is 15.6 Å². The number of nitrogens with one attached hydrogen (secondary N) is 1. The summed E-state index contributed by atoms with van der Waals surface area (Å²) in [5.74, 6) is -0.0180. The van der Waals surface area contributed by atoms with Crippen LogP contribution in [0.4, 0.5) is 5.69 Å². The van der Waals surface area contributed by atoms with E-state index in [1.807, 2.05) is 38.1 Å². The van der Waals surface area contributed by atoms with Crippen LogP contribution in [0.5, 0.6) is 0 Å². The quantitative estimate of drug-likeness (QED) is 0.778. The highest BCUT2D eigenvalue weighted by Gasteiger charge is 2.16. The molecule has 4 nitrogen and oxygen atoms in total. The summed E-state index contributed by atoms with van der Waals surface area (Å²) in [6.07, 6.45) is 0. The van der Waals surface area contributed by atoms with E-state index >= 15 is 0 Å². The van der Waals surface area contributed by atoms with Crippen LogP contribution in [0.1, 0.15) is 24.3 Å². The Morgan fingerprint density at radius 2 is 2.12 bits per heavy atom. The molecule has 1 aromatic heterocycles. The summed E-state index contributed by atoms with van der Waals surface area (Å²) >= 11 is 0. The minimum Gasteiger partial charge on any atom is -0.397 e. The molecule has 0 aliphatic heterocycles. The van der Waals surface area contributed by atoms with Crippen molar-refractivity contribution in [3.8, 4) is 0 Å². The normalized spacial score (nSPS) is 11.1. The minimum absolute atomic E-state index is 0.0180. The highest BCUT2D eigenvalue weighted by Crippen LogP contribution is 2.21. The number of nitrogens with zero attached hydrogens (tertiary/aromatic N) is 1. The van der Waals surface area contributed by atoms with Crippen LogP contribution in [0.15, 0.2) is 24.3 Å². The van der Waals surface area contributed by atoms with E-state index in [0.29, 0.717) is 11.4 Å². The second-order valence-electron chi connectivity index (χ2n) is 4.50. The summed E-state index contributed by atoms with van der Waals surface area (Å²) in [7, 11) is 1.79. The molecule has 0 spiro atoms. The summed E-state index contributed by atoms with van der Waals surface area (Å²) in [6, 6.07) is 7.65. The second kappa shape index (κ2) is 4.13. The van der Waals surface area contributed by atoms with E-state index in [1.165, 1.54) is 0 Å². The van der Waals surface area contributed by atoms with Crippen LogP contribution < -0.4 is 5.73 Å². The molecule has 1 aromatic carbocycles. The van der Waals surface area contributed by atoms with E-state index in [4.69, 9.17) is 5.73 Å². The number of carbonyl (C=O) groups excluding carboxylic acids is 1. The number of aromatic nitrogens is 1.